The van der Waals surface area contributed by atoms with Crippen molar-refractivity contribution in [2.75, 3.05) is 6.61 Å². The minimum atomic E-state index is -0.547. The summed E-state index contributed by atoms with van der Waals surface area (Å²) in [6.07, 6.45) is 5.43. The molecule has 0 aliphatic heterocycles. The van der Waals surface area contributed by atoms with Gasteiger partial charge in [-0.3, -0.25) is 4.79 Å². The third-order valence-corrected chi connectivity index (χ3v) is 3.54. The second-order valence-corrected chi connectivity index (χ2v) is 5.08. The molecule has 2 rings (SSSR count). The third-order valence-electron chi connectivity index (χ3n) is 3.54. The number of benzene rings is 1. The molecule has 1 aromatic rings. The summed E-state index contributed by atoms with van der Waals surface area (Å²) >= 11 is 0. The van der Waals surface area contributed by atoms with Gasteiger partial charge in [-0.05, 0) is 30.7 Å². The first-order valence-electron chi connectivity index (χ1n) is 6.72. The molecule has 1 saturated carbocycles. The molecule has 3 heteroatoms. The van der Waals surface area contributed by atoms with Gasteiger partial charge in [-0.1, -0.05) is 43.2 Å². The van der Waals surface area contributed by atoms with Crippen LogP contribution in [0.5, 0.6) is 0 Å². The first kappa shape index (κ1) is 13.1. The number of hydrogen-bond donors (Lipinski definition) is 1. The van der Waals surface area contributed by atoms with Gasteiger partial charge in [-0.25, -0.2) is 0 Å². The van der Waals surface area contributed by atoms with Gasteiger partial charge in [0, 0.05) is 0 Å². The van der Waals surface area contributed by atoms with Gasteiger partial charge in [0.25, 0.3) is 0 Å². The summed E-state index contributed by atoms with van der Waals surface area (Å²) in [5, 5.41) is 0. The second kappa shape index (κ2) is 6.55. The fourth-order valence-electron chi connectivity index (χ4n) is 2.44. The fraction of sp³-hybridized carbons (Fsp3) is 0.533. The quantitative estimate of drug-likeness (QED) is 0.812. The molecule has 1 atom stereocenters. The molecule has 0 amide bonds. The van der Waals surface area contributed by atoms with Crippen molar-refractivity contribution < 1.29 is 9.53 Å². The molecule has 0 heterocycles. The highest BCUT2D eigenvalue weighted by Gasteiger charge is 2.20. The standard InChI is InChI=1S/C15H21NO2/c16-14(10-12-6-2-1-3-7-12)15(17)18-11-13-8-4-5-9-13/h1-3,6-7,13-14H,4-5,8-11,16H2/t14-/m1/s1. The van der Waals surface area contributed by atoms with Crippen molar-refractivity contribution in [1.82, 2.24) is 0 Å². The Morgan fingerprint density at radius 2 is 1.94 bits per heavy atom. The van der Waals surface area contributed by atoms with E-state index in [9.17, 15) is 4.79 Å². The molecule has 0 bridgehead atoms. The van der Waals surface area contributed by atoms with Crippen LogP contribution in [0.1, 0.15) is 31.2 Å². The molecule has 3 nitrogen and oxygen atoms in total. The highest BCUT2D eigenvalue weighted by Crippen LogP contribution is 2.24. The molecular formula is C15H21NO2. The van der Waals surface area contributed by atoms with Gasteiger partial charge in [0.1, 0.15) is 6.04 Å². The molecule has 2 N–H and O–H groups in total. The third kappa shape index (κ3) is 3.84. The van der Waals surface area contributed by atoms with E-state index >= 15 is 0 Å². The lowest BCUT2D eigenvalue weighted by Crippen LogP contribution is -2.35. The van der Waals surface area contributed by atoms with E-state index in [2.05, 4.69) is 0 Å². The summed E-state index contributed by atoms with van der Waals surface area (Å²) in [6, 6.07) is 9.26. The monoisotopic (exact) mass is 247 g/mol. The minimum Gasteiger partial charge on any atom is -0.464 e. The molecule has 0 unspecified atom stereocenters. The number of nitrogens with two attached hydrogens (primary N) is 1. The Morgan fingerprint density at radius 3 is 2.61 bits per heavy atom. The Bertz CT molecular complexity index is 371. The Labute approximate surface area is 108 Å². The zero-order valence-electron chi connectivity index (χ0n) is 10.7. The van der Waals surface area contributed by atoms with Crippen LogP contribution in [-0.2, 0) is 16.0 Å². The smallest absolute Gasteiger partial charge is 0.323 e. The lowest BCUT2D eigenvalue weighted by molar-refractivity contribution is -0.146. The maximum atomic E-state index is 11.8. The van der Waals surface area contributed by atoms with Crippen molar-refractivity contribution in [3.63, 3.8) is 0 Å². The van der Waals surface area contributed by atoms with Crippen LogP contribution in [0.2, 0.25) is 0 Å². The van der Waals surface area contributed by atoms with Gasteiger partial charge in [0.05, 0.1) is 6.61 Å². The fourth-order valence-corrected chi connectivity index (χ4v) is 2.44. The summed E-state index contributed by atoms with van der Waals surface area (Å²) in [6.45, 7) is 0.543. The van der Waals surface area contributed by atoms with Gasteiger partial charge in [-0.15, -0.1) is 0 Å². The Kier molecular flexibility index (Phi) is 4.76. The number of ether oxygens (including phenoxy) is 1. The lowest BCUT2D eigenvalue weighted by atomic mass is 10.1. The van der Waals surface area contributed by atoms with Crippen LogP contribution in [0.4, 0.5) is 0 Å². The van der Waals surface area contributed by atoms with Crippen molar-refractivity contribution in [3.05, 3.63) is 35.9 Å². The number of rotatable bonds is 5. The SMILES string of the molecule is N[C@H](Cc1ccccc1)C(=O)OCC1CCCC1. The van der Waals surface area contributed by atoms with E-state index in [0.717, 1.165) is 5.56 Å². The lowest BCUT2D eigenvalue weighted by Gasteiger charge is -2.14. The van der Waals surface area contributed by atoms with Gasteiger partial charge < -0.3 is 10.5 Å². The van der Waals surface area contributed by atoms with Crippen LogP contribution in [-0.4, -0.2) is 18.6 Å². The van der Waals surface area contributed by atoms with E-state index in [1.54, 1.807) is 0 Å². The molecule has 1 aromatic carbocycles. The molecular weight excluding hydrogens is 226 g/mol. The zero-order valence-corrected chi connectivity index (χ0v) is 10.7. The van der Waals surface area contributed by atoms with E-state index < -0.39 is 6.04 Å². The van der Waals surface area contributed by atoms with E-state index in [4.69, 9.17) is 10.5 Å². The van der Waals surface area contributed by atoms with Crippen molar-refractivity contribution in [2.45, 2.75) is 38.1 Å². The number of esters is 1. The van der Waals surface area contributed by atoms with Crippen molar-refractivity contribution >= 4 is 5.97 Å². The van der Waals surface area contributed by atoms with Gasteiger partial charge in [0.2, 0.25) is 0 Å². The summed E-state index contributed by atoms with van der Waals surface area (Å²) < 4.78 is 5.30. The van der Waals surface area contributed by atoms with E-state index in [1.807, 2.05) is 30.3 Å². The minimum absolute atomic E-state index is 0.272. The zero-order chi connectivity index (χ0) is 12.8. The largest absolute Gasteiger partial charge is 0.464 e. The summed E-state index contributed by atoms with van der Waals surface area (Å²) in [5.41, 5.74) is 6.93. The Balaban J connectivity index is 1.74. The normalized spacial score (nSPS) is 17.6. The predicted molar refractivity (Wildman–Crippen MR) is 71.0 cm³/mol. The number of hydrogen-bond acceptors (Lipinski definition) is 3. The van der Waals surface area contributed by atoms with Crippen molar-refractivity contribution in [2.24, 2.45) is 11.7 Å². The number of carbonyl (C=O) groups is 1. The highest BCUT2D eigenvalue weighted by atomic mass is 16.5. The average molecular weight is 247 g/mol. The van der Waals surface area contributed by atoms with Crippen LogP contribution in [0.25, 0.3) is 0 Å². The van der Waals surface area contributed by atoms with Crippen molar-refractivity contribution in [3.8, 4) is 0 Å². The first-order chi connectivity index (χ1) is 8.75. The first-order valence-corrected chi connectivity index (χ1v) is 6.72. The van der Waals surface area contributed by atoms with Crippen LogP contribution in [0, 0.1) is 5.92 Å². The molecule has 0 spiro atoms. The molecule has 98 valence electrons. The topological polar surface area (TPSA) is 52.3 Å². The van der Waals surface area contributed by atoms with Crippen LogP contribution in [0.15, 0.2) is 30.3 Å². The Morgan fingerprint density at radius 1 is 1.28 bits per heavy atom. The molecule has 0 radical (unpaired) electrons. The Hall–Kier alpha value is -1.35. The molecule has 0 saturated heterocycles. The molecule has 1 aliphatic rings. The van der Waals surface area contributed by atoms with Crippen LogP contribution >= 0.6 is 0 Å². The predicted octanol–water partition coefficient (Wildman–Crippen LogP) is 2.29. The van der Waals surface area contributed by atoms with E-state index in [-0.39, 0.29) is 5.97 Å². The summed E-state index contributed by atoms with van der Waals surface area (Å²) in [5.74, 6) is 0.281. The molecule has 1 aliphatic carbocycles. The number of carbonyl (C=O) groups excluding carboxylic acids is 1. The summed E-state index contributed by atoms with van der Waals surface area (Å²) in [4.78, 5) is 11.8. The summed E-state index contributed by atoms with van der Waals surface area (Å²) in [7, 11) is 0. The molecule has 18 heavy (non-hydrogen) atoms. The van der Waals surface area contributed by atoms with Gasteiger partial charge >= 0.3 is 5.97 Å². The van der Waals surface area contributed by atoms with Crippen LogP contribution in [0.3, 0.4) is 0 Å². The maximum absolute atomic E-state index is 11.8. The van der Waals surface area contributed by atoms with E-state index in [1.165, 1.54) is 25.7 Å². The highest BCUT2D eigenvalue weighted by molar-refractivity contribution is 5.75. The van der Waals surface area contributed by atoms with Crippen LogP contribution < -0.4 is 5.73 Å². The maximum Gasteiger partial charge on any atom is 0.323 e. The molecule has 0 aromatic heterocycles. The average Bonchev–Trinajstić information content (AvgIpc) is 2.90. The van der Waals surface area contributed by atoms with Crippen molar-refractivity contribution in [1.29, 1.82) is 0 Å². The van der Waals surface area contributed by atoms with E-state index in [0.29, 0.717) is 18.9 Å². The second-order valence-electron chi connectivity index (χ2n) is 5.08. The van der Waals surface area contributed by atoms with Gasteiger partial charge in [0.15, 0.2) is 0 Å². The molecule has 1 fully saturated rings. The van der Waals surface area contributed by atoms with Gasteiger partial charge in [-0.2, -0.15) is 0 Å².